The van der Waals surface area contributed by atoms with Crippen molar-refractivity contribution < 1.29 is 0 Å². The van der Waals surface area contributed by atoms with E-state index in [1.54, 1.807) is 0 Å². The number of hydrogen-bond acceptors (Lipinski definition) is 2. The highest BCUT2D eigenvalue weighted by molar-refractivity contribution is 7.80. The fourth-order valence-corrected chi connectivity index (χ4v) is 2.02. The highest BCUT2D eigenvalue weighted by atomic mass is 32.1. The van der Waals surface area contributed by atoms with E-state index in [1.165, 1.54) is 5.56 Å². The first-order chi connectivity index (χ1) is 10.2. The van der Waals surface area contributed by atoms with Crippen LogP contribution >= 0.6 is 12.2 Å². The maximum atomic E-state index is 5.21. The average Bonchev–Trinajstić information content (AvgIpc) is 2.53. The molecule has 21 heavy (non-hydrogen) atoms. The Morgan fingerprint density at radius 3 is 2.33 bits per heavy atom. The summed E-state index contributed by atoms with van der Waals surface area (Å²) in [6.07, 6.45) is 1.04. The monoisotopic (exact) mass is 297 g/mol. The molecular formula is C17H19N3S. The summed E-state index contributed by atoms with van der Waals surface area (Å²) in [5.41, 5.74) is 7.11. The van der Waals surface area contributed by atoms with Crippen molar-refractivity contribution in [1.29, 1.82) is 0 Å². The molecule has 0 saturated carbocycles. The summed E-state index contributed by atoms with van der Waals surface area (Å²) < 4.78 is 0. The third-order valence-corrected chi connectivity index (χ3v) is 3.33. The number of hydrogen-bond donors (Lipinski definition) is 2. The van der Waals surface area contributed by atoms with Crippen LogP contribution in [0.1, 0.15) is 25.0 Å². The number of para-hydroxylation sites is 1. The van der Waals surface area contributed by atoms with Crippen molar-refractivity contribution >= 4 is 28.7 Å². The Labute approximate surface area is 131 Å². The summed E-state index contributed by atoms with van der Waals surface area (Å²) in [5.74, 6) is 0. The lowest BCUT2D eigenvalue weighted by Gasteiger charge is -2.08. The largest absolute Gasteiger partial charge is 0.331 e. The van der Waals surface area contributed by atoms with Gasteiger partial charge in [0.1, 0.15) is 0 Å². The van der Waals surface area contributed by atoms with Gasteiger partial charge in [0.25, 0.3) is 0 Å². The zero-order valence-corrected chi connectivity index (χ0v) is 13.1. The molecule has 0 fully saturated rings. The molecule has 2 aromatic carbocycles. The van der Waals surface area contributed by atoms with Crippen LogP contribution in [0.15, 0.2) is 59.7 Å². The van der Waals surface area contributed by atoms with E-state index in [0.717, 1.165) is 23.4 Å². The van der Waals surface area contributed by atoms with E-state index in [0.29, 0.717) is 5.11 Å². The second-order valence-electron chi connectivity index (χ2n) is 4.68. The van der Waals surface area contributed by atoms with E-state index in [2.05, 4.69) is 47.0 Å². The minimum Gasteiger partial charge on any atom is -0.331 e. The van der Waals surface area contributed by atoms with Gasteiger partial charge in [-0.25, -0.2) is 0 Å². The van der Waals surface area contributed by atoms with Gasteiger partial charge in [-0.3, -0.25) is 5.43 Å². The van der Waals surface area contributed by atoms with Crippen molar-refractivity contribution in [3.63, 3.8) is 0 Å². The molecule has 0 heterocycles. The fourth-order valence-electron chi connectivity index (χ4n) is 1.86. The number of thiocarbonyl (C=S) groups is 1. The number of nitrogens with one attached hydrogen (secondary N) is 2. The van der Waals surface area contributed by atoms with Gasteiger partial charge in [0.05, 0.1) is 5.71 Å². The molecule has 2 N–H and O–H groups in total. The molecule has 2 rings (SSSR count). The highest BCUT2D eigenvalue weighted by Crippen LogP contribution is 2.07. The first-order valence-electron chi connectivity index (χ1n) is 6.94. The van der Waals surface area contributed by atoms with Crippen LogP contribution in [0.4, 0.5) is 5.69 Å². The van der Waals surface area contributed by atoms with Gasteiger partial charge in [-0.1, -0.05) is 49.4 Å². The molecule has 0 saturated heterocycles. The van der Waals surface area contributed by atoms with Crippen LogP contribution in [0.3, 0.4) is 0 Å². The molecule has 0 aliphatic heterocycles. The van der Waals surface area contributed by atoms with Crippen LogP contribution in [0.2, 0.25) is 0 Å². The van der Waals surface area contributed by atoms with Crippen molar-refractivity contribution in [2.75, 3.05) is 5.32 Å². The smallest absolute Gasteiger partial charge is 0.191 e. The van der Waals surface area contributed by atoms with Crippen LogP contribution in [0.25, 0.3) is 0 Å². The zero-order chi connectivity index (χ0) is 15.1. The molecule has 3 nitrogen and oxygen atoms in total. The number of hydrazone groups is 1. The molecular weight excluding hydrogens is 278 g/mol. The third kappa shape index (κ3) is 4.68. The molecule has 0 unspecified atom stereocenters. The standard InChI is InChI=1S/C17H19N3S/c1-3-14-9-11-15(12-10-14)13(2)19-20-17(21)18-16-7-5-4-6-8-16/h4-12H,3H2,1-2H3,(H2,18,20,21)/b19-13-. The van der Waals surface area contributed by atoms with Crippen molar-refractivity contribution in [2.24, 2.45) is 5.10 Å². The van der Waals surface area contributed by atoms with Crippen LogP contribution in [-0.4, -0.2) is 10.8 Å². The highest BCUT2D eigenvalue weighted by Gasteiger charge is 1.99. The van der Waals surface area contributed by atoms with Crippen molar-refractivity contribution in [3.8, 4) is 0 Å². The maximum Gasteiger partial charge on any atom is 0.191 e. The predicted molar refractivity (Wildman–Crippen MR) is 93.8 cm³/mol. The molecule has 0 atom stereocenters. The van der Waals surface area contributed by atoms with Gasteiger partial charge in [-0.05, 0) is 48.8 Å². The van der Waals surface area contributed by atoms with Gasteiger partial charge >= 0.3 is 0 Å². The lowest BCUT2D eigenvalue weighted by molar-refractivity contribution is 1.04. The Kier molecular flexibility index (Phi) is 5.46. The molecule has 0 bridgehead atoms. The third-order valence-electron chi connectivity index (χ3n) is 3.14. The SMILES string of the molecule is CCc1ccc(/C(C)=N\NC(=S)Nc2ccccc2)cc1. The first-order valence-corrected chi connectivity index (χ1v) is 7.35. The Balaban J connectivity index is 1.94. The van der Waals surface area contributed by atoms with Gasteiger partial charge in [0.15, 0.2) is 5.11 Å². The van der Waals surface area contributed by atoms with Crippen LogP contribution in [0, 0.1) is 0 Å². The second-order valence-corrected chi connectivity index (χ2v) is 5.09. The molecule has 108 valence electrons. The predicted octanol–water partition coefficient (Wildman–Crippen LogP) is 3.96. The number of rotatable bonds is 4. The van der Waals surface area contributed by atoms with Crippen LogP contribution in [-0.2, 0) is 6.42 Å². The van der Waals surface area contributed by atoms with Crippen LogP contribution in [0.5, 0.6) is 0 Å². The Bertz CT molecular complexity index is 618. The minimum absolute atomic E-state index is 0.478. The average molecular weight is 297 g/mol. The molecule has 4 heteroatoms. The molecule has 0 aliphatic carbocycles. The molecule has 0 aliphatic rings. The van der Waals surface area contributed by atoms with E-state index in [4.69, 9.17) is 12.2 Å². The Hall–Kier alpha value is -2.20. The van der Waals surface area contributed by atoms with Gasteiger partial charge in [0, 0.05) is 5.69 Å². The van der Waals surface area contributed by atoms with E-state index >= 15 is 0 Å². The van der Waals surface area contributed by atoms with Crippen molar-refractivity contribution in [1.82, 2.24) is 5.43 Å². The summed E-state index contributed by atoms with van der Waals surface area (Å²) in [4.78, 5) is 0. The number of aryl methyl sites for hydroxylation is 1. The van der Waals surface area contributed by atoms with Crippen LogP contribution < -0.4 is 10.7 Å². The van der Waals surface area contributed by atoms with Gasteiger partial charge in [-0.15, -0.1) is 0 Å². The van der Waals surface area contributed by atoms with Gasteiger partial charge in [-0.2, -0.15) is 5.10 Å². The molecule has 0 radical (unpaired) electrons. The number of benzene rings is 2. The Morgan fingerprint density at radius 1 is 1.05 bits per heavy atom. The van der Waals surface area contributed by atoms with E-state index in [1.807, 2.05) is 37.3 Å². The molecule has 2 aromatic rings. The van der Waals surface area contributed by atoms with E-state index < -0.39 is 0 Å². The summed E-state index contributed by atoms with van der Waals surface area (Å²) in [6.45, 7) is 4.10. The summed E-state index contributed by atoms with van der Waals surface area (Å²) in [6, 6.07) is 18.2. The van der Waals surface area contributed by atoms with Crippen molar-refractivity contribution in [2.45, 2.75) is 20.3 Å². The van der Waals surface area contributed by atoms with Crippen molar-refractivity contribution in [3.05, 3.63) is 65.7 Å². The summed E-state index contributed by atoms with van der Waals surface area (Å²) in [5, 5.41) is 7.87. The topological polar surface area (TPSA) is 36.4 Å². The molecule has 0 aromatic heterocycles. The number of anilines is 1. The second kappa shape index (κ2) is 7.55. The molecule has 0 spiro atoms. The van der Waals surface area contributed by atoms with E-state index in [9.17, 15) is 0 Å². The van der Waals surface area contributed by atoms with Gasteiger partial charge in [0.2, 0.25) is 0 Å². The maximum absolute atomic E-state index is 5.21. The quantitative estimate of drug-likeness (QED) is 0.509. The lowest BCUT2D eigenvalue weighted by atomic mass is 10.1. The first kappa shape index (κ1) is 15.2. The lowest BCUT2D eigenvalue weighted by Crippen LogP contribution is -2.24. The zero-order valence-electron chi connectivity index (χ0n) is 12.3. The van der Waals surface area contributed by atoms with Gasteiger partial charge < -0.3 is 5.32 Å². The van der Waals surface area contributed by atoms with E-state index in [-0.39, 0.29) is 0 Å². The molecule has 0 amide bonds. The number of nitrogens with zero attached hydrogens (tertiary/aromatic N) is 1. The normalized spacial score (nSPS) is 11.0. The Morgan fingerprint density at radius 2 is 1.71 bits per heavy atom. The minimum atomic E-state index is 0.478. The summed E-state index contributed by atoms with van der Waals surface area (Å²) >= 11 is 5.21. The fraction of sp³-hybridized carbons (Fsp3) is 0.176. The summed E-state index contributed by atoms with van der Waals surface area (Å²) in [7, 11) is 0.